The minimum Gasteiger partial charge on any atom is -0.493 e. The van der Waals surface area contributed by atoms with E-state index < -0.39 is 6.04 Å². The summed E-state index contributed by atoms with van der Waals surface area (Å²) in [6.07, 6.45) is 5.56. The number of para-hydroxylation sites is 1. The standard InChI is InChI=1S/C23H31N3O4/c1-16(2)25-11-12-26-20(15-25)22(27)24-14-18-7-5-6-17(30-18)10-13-29-21-9-4-3-8-19(21)23(26)28/h3-5,7-9,16-18,20H,6,10-15H2,1-2H3,(H,24,27)/t17-,18-,20-/m0/s1. The van der Waals surface area contributed by atoms with Crippen molar-refractivity contribution < 1.29 is 19.1 Å². The molecule has 1 aromatic rings. The van der Waals surface area contributed by atoms with E-state index in [1.54, 1.807) is 11.0 Å². The van der Waals surface area contributed by atoms with E-state index in [1.165, 1.54) is 0 Å². The number of carbonyl (C=O) groups is 2. The van der Waals surface area contributed by atoms with Crippen molar-refractivity contribution in [3.63, 3.8) is 0 Å². The average molecular weight is 414 g/mol. The van der Waals surface area contributed by atoms with Crippen LogP contribution >= 0.6 is 0 Å². The molecule has 2 amide bonds. The van der Waals surface area contributed by atoms with Gasteiger partial charge in [0, 0.05) is 38.6 Å². The predicted molar refractivity (Wildman–Crippen MR) is 114 cm³/mol. The van der Waals surface area contributed by atoms with Gasteiger partial charge in [-0.25, -0.2) is 0 Å². The molecule has 1 N–H and O–H groups in total. The third-order valence-electron chi connectivity index (χ3n) is 6.11. The molecule has 7 heteroatoms. The van der Waals surface area contributed by atoms with Crippen LogP contribution in [0, 0.1) is 0 Å². The Bertz CT molecular complexity index is 809. The topological polar surface area (TPSA) is 71.1 Å². The van der Waals surface area contributed by atoms with Gasteiger partial charge in [0.15, 0.2) is 0 Å². The van der Waals surface area contributed by atoms with Gasteiger partial charge in [0.1, 0.15) is 11.8 Å². The molecule has 4 rings (SSSR count). The summed E-state index contributed by atoms with van der Waals surface area (Å²) in [6.45, 7) is 6.88. The molecule has 0 radical (unpaired) electrons. The minimum atomic E-state index is -0.548. The SMILES string of the molecule is CC(C)N1CCN2C(=O)c3ccccc3OCC[C@@H]3CC=C[C@@H](CNC(=O)[C@@H]2C1)O3. The van der Waals surface area contributed by atoms with E-state index in [0.29, 0.717) is 43.6 Å². The summed E-state index contributed by atoms with van der Waals surface area (Å²) in [7, 11) is 0. The van der Waals surface area contributed by atoms with E-state index in [4.69, 9.17) is 9.47 Å². The Morgan fingerprint density at radius 3 is 2.83 bits per heavy atom. The number of nitrogens with one attached hydrogen (secondary N) is 1. The molecule has 0 saturated carbocycles. The second kappa shape index (κ2) is 9.18. The molecule has 3 heterocycles. The van der Waals surface area contributed by atoms with E-state index in [2.05, 4.69) is 30.1 Å². The van der Waals surface area contributed by atoms with Gasteiger partial charge in [-0.05, 0) is 32.4 Å². The molecule has 3 aliphatic rings. The lowest BCUT2D eigenvalue weighted by Crippen LogP contribution is -2.62. The fourth-order valence-electron chi connectivity index (χ4n) is 4.32. The van der Waals surface area contributed by atoms with Crippen molar-refractivity contribution >= 4 is 11.8 Å². The molecule has 162 valence electrons. The molecule has 0 unspecified atom stereocenters. The number of hydrogen-bond acceptors (Lipinski definition) is 5. The lowest BCUT2D eigenvalue weighted by molar-refractivity contribution is -0.128. The zero-order chi connectivity index (χ0) is 21.1. The number of nitrogens with zero attached hydrogens (tertiary/aromatic N) is 2. The third kappa shape index (κ3) is 4.52. The van der Waals surface area contributed by atoms with E-state index in [1.807, 2.05) is 24.3 Å². The van der Waals surface area contributed by atoms with Crippen molar-refractivity contribution in [3.05, 3.63) is 42.0 Å². The van der Waals surface area contributed by atoms with Crippen molar-refractivity contribution in [2.24, 2.45) is 0 Å². The first-order valence-corrected chi connectivity index (χ1v) is 10.9. The Labute approximate surface area is 178 Å². The van der Waals surface area contributed by atoms with Gasteiger partial charge in [-0.3, -0.25) is 14.5 Å². The van der Waals surface area contributed by atoms with Gasteiger partial charge in [0.25, 0.3) is 5.91 Å². The molecule has 7 nitrogen and oxygen atoms in total. The van der Waals surface area contributed by atoms with E-state index in [9.17, 15) is 9.59 Å². The predicted octanol–water partition coefficient (Wildman–Crippen LogP) is 1.83. The van der Waals surface area contributed by atoms with Gasteiger partial charge in [-0.15, -0.1) is 0 Å². The van der Waals surface area contributed by atoms with Gasteiger partial charge in [0.05, 0.1) is 24.4 Å². The first kappa shape index (κ1) is 20.9. The monoisotopic (exact) mass is 413 g/mol. The molecule has 3 atom stereocenters. The van der Waals surface area contributed by atoms with Crippen LogP contribution in [-0.4, -0.2) is 78.7 Å². The number of amides is 2. The Morgan fingerprint density at radius 2 is 2.00 bits per heavy atom. The lowest BCUT2D eigenvalue weighted by atomic mass is 10.1. The summed E-state index contributed by atoms with van der Waals surface area (Å²) in [6, 6.07) is 7.07. The zero-order valence-electron chi connectivity index (χ0n) is 17.8. The maximum absolute atomic E-state index is 13.5. The van der Waals surface area contributed by atoms with Crippen LogP contribution in [0.5, 0.6) is 5.75 Å². The average Bonchev–Trinajstić information content (AvgIpc) is 2.76. The number of ether oxygens (including phenoxy) is 2. The third-order valence-corrected chi connectivity index (χ3v) is 6.11. The summed E-state index contributed by atoms with van der Waals surface area (Å²) in [4.78, 5) is 30.6. The van der Waals surface area contributed by atoms with Crippen LogP contribution in [0.2, 0.25) is 0 Å². The Morgan fingerprint density at radius 1 is 1.17 bits per heavy atom. The second-order valence-electron chi connectivity index (χ2n) is 8.44. The van der Waals surface area contributed by atoms with Gasteiger partial charge in [-0.1, -0.05) is 24.3 Å². The van der Waals surface area contributed by atoms with Gasteiger partial charge in [-0.2, -0.15) is 0 Å². The molecule has 0 aliphatic carbocycles. The molecule has 1 fully saturated rings. The summed E-state index contributed by atoms with van der Waals surface area (Å²) in [5.74, 6) is 0.277. The van der Waals surface area contributed by atoms with Crippen molar-refractivity contribution in [3.8, 4) is 5.75 Å². The highest BCUT2D eigenvalue weighted by molar-refractivity contribution is 6.00. The van der Waals surface area contributed by atoms with E-state index in [0.717, 1.165) is 19.4 Å². The largest absolute Gasteiger partial charge is 0.493 e. The Hall–Kier alpha value is -2.38. The van der Waals surface area contributed by atoms with Crippen LogP contribution in [0.25, 0.3) is 0 Å². The smallest absolute Gasteiger partial charge is 0.258 e. The summed E-state index contributed by atoms with van der Waals surface area (Å²) in [5, 5.41) is 3.03. The highest BCUT2D eigenvalue weighted by atomic mass is 16.5. The molecule has 0 aromatic heterocycles. The maximum atomic E-state index is 13.5. The van der Waals surface area contributed by atoms with Gasteiger partial charge in [0.2, 0.25) is 5.91 Å². The number of rotatable bonds is 1. The summed E-state index contributed by atoms with van der Waals surface area (Å²) in [5.41, 5.74) is 0.507. The highest BCUT2D eigenvalue weighted by Gasteiger charge is 2.37. The number of benzene rings is 1. The zero-order valence-corrected chi connectivity index (χ0v) is 17.8. The van der Waals surface area contributed by atoms with Crippen LogP contribution in [-0.2, 0) is 9.53 Å². The molecule has 0 spiro atoms. The van der Waals surface area contributed by atoms with Crippen molar-refractivity contribution in [2.75, 3.05) is 32.8 Å². The fraction of sp³-hybridized carbons (Fsp3) is 0.565. The first-order chi connectivity index (χ1) is 14.5. The number of carbonyl (C=O) groups excluding carboxylic acids is 2. The number of hydrogen-bond donors (Lipinski definition) is 1. The van der Waals surface area contributed by atoms with Crippen molar-refractivity contribution in [1.29, 1.82) is 0 Å². The maximum Gasteiger partial charge on any atom is 0.258 e. The molecule has 1 aromatic carbocycles. The van der Waals surface area contributed by atoms with Crippen LogP contribution in [0.3, 0.4) is 0 Å². The van der Waals surface area contributed by atoms with Crippen molar-refractivity contribution in [2.45, 2.75) is 51.0 Å². The van der Waals surface area contributed by atoms with Crippen molar-refractivity contribution in [1.82, 2.24) is 15.1 Å². The molecule has 30 heavy (non-hydrogen) atoms. The summed E-state index contributed by atoms with van der Waals surface area (Å²) >= 11 is 0. The number of fused-ring (bicyclic) bond motifs is 4. The molecular formula is C23H31N3O4. The quantitative estimate of drug-likeness (QED) is 0.712. The molecule has 2 bridgehead atoms. The molecule has 1 saturated heterocycles. The summed E-state index contributed by atoms with van der Waals surface area (Å²) < 4.78 is 12.1. The Kier molecular flexibility index (Phi) is 6.39. The van der Waals surface area contributed by atoms with Crippen LogP contribution in [0.1, 0.15) is 37.0 Å². The highest BCUT2D eigenvalue weighted by Crippen LogP contribution is 2.25. The molecular weight excluding hydrogens is 382 g/mol. The van der Waals surface area contributed by atoms with Crippen LogP contribution < -0.4 is 10.1 Å². The normalized spacial score (nSPS) is 28.2. The fourth-order valence-corrected chi connectivity index (χ4v) is 4.32. The first-order valence-electron chi connectivity index (χ1n) is 10.9. The van der Waals surface area contributed by atoms with E-state index in [-0.39, 0.29) is 24.0 Å². The van der Waals surface area contributed by atoms with Crippen LogP contribution in [0.15, 0.2) is 36.4 Å². The number of piperazine rings is 1. The van der Waals surface area contributed by atoms with Gasteiger partial charge < -0.3 is 19.7 Å². The second-order valence-corrected chi connectivity index (χ2v) is 8.44. The Balaban J connectivity index is 1.65. The van der Waals surface area contributed by atoms with E-state index >= 15 is 0 Å². The minimum absolute atomic E-state index is 0.0466. The lowest BCUT2D eigenvalue weighted by Gasteiger charge is -2.42. The molecule has 3 aliphatic heterocycles. The van der Waals surface area contributed by atoms with Gasteiger partial charge >= 0.3 is 0 Å². The van der Waals surface area contributed by atoms with Crippen LogP contribution in [0.4, 0.5) is 0 Å².